The maximum Gasteiger partial charge on any atom is 0.00378 e. The molecule has 0 aromatic carbocycles. The van der Waals surface area contributed by atoms with Crippen molar-refractivity contribution in [2.45, 2.75) is 26.3 Å². The predicted octanol–water partition coefficient (Wildman–Crippen LogP) is 1.47. The van der Waals surface area contributed by atoms with Gasteiger partial charge in [0, 0.05) is 50.1 Å². The number of hydrogen-bond acceptors (Lipinski definition) is 1. The van der Waals surface area contributed by atoms with E-state index >= 15 is 0 Å². The minimum Gasteiger partial charge on any atom is -0.661 e. The van der Waals surface area contributed by atoms with Crippen molar-refractivity contribution in [3.05, 3.63) is 5.32 Å². The Balaban J connectivity index is 0.000001000. The van der Waals surface area contributed by atoms with E-state index in [9.17, 15) is 0 Å². The smallest absolute Gasteiger partial charge is 0.00378 e. The SMILES string of the molecule is CC(C)N1CCC[N-]CC1.[Ac]. The molecule has 1 rings (SSSR count). The number of rotatable bonds is 1. The van der Waals surface area contributed by atoms with Crippen molar-refractivity contribution in [2.24, 2.45) is 0 Å². The summed E-state index contributed by atoms with van der Waals surface area (Å²) in [5.74, 6) is 0. The molecule has 0 N–H and O–H groups in total. The summed E-state index contributed by atoms with van der Waals surface area (Å²) in [6.45, 7) is 9.02. The van der Waals surface area contributed by atoms with Crippen LogP contribution in [0.3, 0.4) is 0 Å². The monoisotopic (exact) mass is 368 g/mol. The van der Waals surface area contributed by atoms with Gasteiger partial charge in [-0.1, -0.05) is 6.42 Å². The van der Waals surface area contributed by atoms with Crippen LogP contribution >= 0.6 is 0 Å². The van der Waals surface area contributed by atoms with Gasteiger partial charge in [-0.25, -0.2) is 0 Å². The third kappa shape index (κ3) is 4.83. The van der Waals surface area contributed by atoms with Gasteiger partial charge in [-0.3, -0.25) is 0 Å². The summed E-state index contributed by atoms with van der Waals surface area (Å²) in [5.41, 5.74) is 0. The molecule has 0 amide bonds. The summed E-state index contributed by atoms with van der Waals surface area (Å²) in [6.07, 6.45) is 1.25. The Morgan fingerprint density at radius 3 is 2.55 bits per heavy atom. The van der Waals surface area contributed by atoms with E-state index in [0.717, 1.165) is 19.6 Å². The molecule has 0 unspecified atom stereocenters. The minimum absolute atomic E-state index is 0. The van der Waals surface area contributed by atoms with Crippen LogP contribution in [0.15, 0.2) is 0 Å². The zero-order valence-corrected chi connectivity index (χ0v) is 12.3. The molecule has 0 bridgehead atoms. The molecule has 0 atom stereocenters. The molecule has 0 saturated carbocycles. The van der Waals surface area contributed by atoms with E-state index in [2.05, 4.69) is 24.1 Å². The predicted molar refractivity (Wildman–Crippen MR) is 44.4 cm³/mol. The van der Waals surface area contributed by atoms with Gasteiger partial charge in [0.2, 0.25) is 0 Å². The van der Waals surface area contributed by atoms with Gasteiger partial charge < -0.3 is 10.2 Å². The maximum atomic E-state index is 4.36. The Labute approximate surface area is 106 Å². The van der Waals surface area contributed by atoms with E-state index in [1.165, 1.54) is 13.0 Å². The molecule has 63 valence electrons. The second-order valence-corrected chi connectivity index (χ2v) is 3.15. The second-order valence-electron chi connectivity index (χ2n) is 3.15. The third-order valence-electron chi connectivity index (χ3n) is 2.04. The normalized spacial score (nSPS) is 21.0. The van der Waals surface area contributed by atoms with Gasteiger partial charge in [-0.05, 0) is 26.9 Å². The van der Waals surface area contributed by atoms with Crippen LogP contribution in [0.4, 0.5) is 0 Å². The van der Waals surface area contributed by atoms with Crippen molar-refractivity contribution in [1.82, 2.24) is 4.90 Å². The summed E-state index contributed by atoms with van der Waals surface area (Å²) in [4.78, 5) is 2.50. The van der Waals surface area contributed by atoms with Crippen molar-refractivity contribution in [3.63, 3.8) is 0 Å². The quantitative estimate of drug-likeness (QED) is 0.686. The van der Waals surface area contributed by atoms with Crippen LogP contribution in [0.2, 0.25) is 0 Å². The molecule has 1 saturated heterocycles. The van der Waals surface area contributed by atoms with Gasteiger partial charge in [-0.2, -0.15) is 0 Å². The van der Waals surface area contributed by atoms with Crippen LogP contribution in [0.25, 0.3) is 5.32 Å². The average Bonchev–Trinajstić information content (AvgIpc) is 2.12. The van der Waals surface area contributed by atoms with E-state index < -0.39 is 0 Å². The van der Waals surface area contributed by atoms with E-state index in [1.54, 1.807) is 0 Å². The standard InChI is InChI=1S/C8H17N2.Ac/c1-8(2)10-6-3-4-9-5-7-10;/h8H,3-7H2,1-2H3;/q-1;. The molecule has 1 radical (unpaired) electrons. The fourth-order valence-electron chi connectivity index (χ4n) is 1.32. The molecule has 1 aliphatic rings. The Morgan fingerprint density at radius 1 is 1.18 bits per heavy atom. The van der Waals surface area contributed by atoms with Crippen molar-refractivity contribution in [3.8, 4) is 0 Å². The molecule has 0 aromatic rings. The average molecular weight is 368 g/mol. The molecule has 0 aliphatic carbocycles. The zero-order chi connectivity index (χ0) is 7.40. The van der Waals surface area contributed by atoms with Crippen molar-refractivity contribution in [1.29, 1.82) is 0 Å². The summed E-state index contributed by atoms with van der Waals surface area (Å²) in [7, 11) is 0. The first kappa shape index (κ1) is 12.4. The van der Waals surface area contributed by atoms with E-state index in [1.807, 2.05) is 0 Å². The van der Waals surface area contributed by atoms with Gasteiger partial charge in [0.25, 0.3) is 0 Å². The Kier molecular flexibility index (Phi) is 7.68. The number of hydrogen-bond donors (Lipinski definition) is 0. The molecule has 0 spiro atoms. The van der Waals surface area contributed by atoms with E-state index in [4.69, 9.17) is 0 Å². The van der Waals surface area contributed by atoms with Crippen molar-refractivity contribution in [2.75, 3.05) is 26.2 Å². The molecular formula is C8H17AcN2-. The molecule has 11 heavy (non-hydrogen) atoms. The topological polar surface area (TPSA) is 17.3 Å². The van der Waals surface area contributed by atoms with Crippen LogP contribution in [0.5, 0.6) is 0 Å². The molecule has 1 aliphatic heterocycles. The summed E-state index contributed by atoms with van der Waals surface area (Å²) < 4.78 is 0. The van der Waals surface area contributed by atoms with Gasteiger partial charge in [-0.15, -0.1) is 13.1 Å². The maximum absolute atomic E-state index is 4.36. The molecule has 3 heteroatoms. The Bertz CT molecular complexity index is 88.1. The minimum atomic E-state index is 0. The van der Waals surface area contributed by atoms with Crippen LogP contribution in [0.1, 0.15) is 20.3 Å². The van der Waals surface area contributed by atoms with Crippen LogP contribution in [-0.2, 0) is 0 Å². The van der Waals surface area contributed by atoms with Gasteiger partial charge in [0.15, 0.2) is 0 Å². The third-order valence-corrected chi connectivity index (χ3v) is 2.04. The zero-order valence-electron chi connectivity index (χ0n) is 7.58. The largest absolute Gasteiger partial charge is 0.661 e. The van der Waals surface area contributed by atoms with Crippen LogP contribution in [-0.4, -0.2) is 37.1 Å². The second kappa shape index (κ2) is 6.83. The van der Waals surface area contributed by atoms with Crippen LogP contribution < -0.4 is 0 Å². The summed E-state index contributed by atoms with van der Waals surface area (Å²) in [5, 5.41) is 4.36. The van der Waals surface area contributed by atoms with Gasteiger partial charge in [0.1, 0.15) is 0 Å². The summed E-state index contributed by atoms with van der Waals surface area (Å²) >= 11 is 0. The van der Waals surface area contributed by atoms with E-state index in [-0.39, 0.29) is 44.1 Å². The molecule has 2 nitrogen and oxygen atoms in total. The Hall–Kier alpha value is 1.36. The van der Waals surface area contributed by atoms with Gasteiger partial charge >= 0.3 is 0 Å². The summed E-state index contributed by atoms with van der Waals surface area (Å²) in [6, 6.07) is 0.702. The molecule has 1 heterocycles. The first-order chi connectivity index (χ1) is 4.80. The Morgan fingerprint density at radius 2 is 1.91 bits per heavy atom. The fourth-order valence-corrected chi connectivity index (χ4v) is 1.32. The first-order valence-corrected chi connectivity index (χ1v) is 4.18. The fraction of sp³-hybridized carbons (Fsp3) is 1.00. The molecule has 0 aromatic heterocycles. The van der Waals surface area contributed by atoms with Gasteiger partial charge in [0.05, 0.1) is 0 Å². The van der Waals surface area contributed by atoms with E-state index in [0.29, 0.717) is 6.04 Å². The van der Waals surface area contributed by atoms with Crippen LogP contribution in [0, 0.1) is 44.1 Å². The first-order valence-electron chi connectivity index (χ1n) is 4.18. The number of nitrogens with zero attached hydrogens (tertiary/aromatic N) is 2. The van der Waals surface area contributed by atoms with Crippen molar-refractivity contribution >= 4 is 0 Å². The molecular weight excluding hydrogens is 351 g/mol. The molecule has 1 fully saturated rings. The van der Waals surface area contributed by atoms with Crippen molar-refractivity contribution < 1.29 is 44.1 Å².